The fourth-order valence-corrected chi connectivity index (χ4v) is 3.73. The Labute approximate surface area is 143 Å². The van der Waals surface area contributed by atoms with Gasteiger partial charge in [0.15, 0.2) is 18.1 Å². The summed E-state index contributed by atoms with van der Waals surface area (Å²) in [5, 5.41) is 3.41. The Hall–Kier alpha value is -2.01. The lowest BCUT2D eigenvalue weighted by molar-refractivity contribution is -0.136. The van der Waals surface area contributed by atoms with Gasteiger partial charge in [0.2, 0.25) is 0 Å². The van der Waals surface area contributed by atoms with Gasteiger partial charge in [-0.05, 0) is 49.9 Å². The summed E-state index contributed by atoms with van der Waals surface area (Å²) in [4.78, 5) is 14.7. The van der Waals surface area contributed by atoms with E-state index in [4.69, 9.17) is 9.47 Å². The van der Waals surface area contributed by atoms with E-state index >= 15 is 0 Å². The van der Waals surface area contributed by atoms with Crippen LogP contribution in [0.2, 0.25) is 0 Å². The van der Waals surface area contributed by atoms with Gasteiger partial charge in [0.05, 0.1) is 7.11 Å². The number of fused-ring (bicyclic) bond motifs is 2. The number of methoxy groups -OCH3 is 1. The first-order valence-electron chi connectivity index (χ1n) is 8.65. The summed E-state index contributed by atoms with van der Waals surface area (Å²) in [6, 6.07) is 6.44. The molecule has 2 heterocycles. The summed E-state index contributed by atoms with van der Waals surface area (Å²) in [5.41, 5.74) is 1.11. The third kappa shape index (κ3) is 3.56. The molecule has 2 bridgehead atoms. The summed E-state index contributed by atoms with van der Waals surface area (Å²) in [5.74, 6) is 1.34. The molecule has 5 heteroatoms. The van der Waals surface area contributed by atoms with E-state index in [-0.39, 0.29) is 12.5 Å². The molecule has 24 heavy (non-hydrogen) atoms. The molecule has 0 aromatic heterocycles. The highest BCUT2D eigenvalue weighted by molar-refractivity contribution is 5.79. The number of carbonyl (C=O) groups excluding carboxylic acids is 1. The maximum absolute atomic E-state index is 12.7. The van der Waals surface area contributed by atoms with Crippen LogP contribution in [0.3, 0.4) is 0 Å². The van der Waals surface area contributed by atoms with Crippen LogP contribution in [0, 0.1) is 0 Å². The first-order chi connectivity index (χ1) is 11.7. The Morgan fingerprint density at radius 2 is 2.17 bits per heavy atom. The lowest BCUT2D eigenvalue weighted by atomic mass is 10.1. The summed E-state index contributed by atoms with van der Waals surface area (Å²) in [6.45, 7) is 5.69. The van der Waals surface area contributed by atoms with Gasteiger partial charge in [-0.25, -0.2) is 0 Å². The number of rotatable bonds is 6. The number of allylic oxidation sites excluding steroid dienone is 1. The molecule has 2 saturated heterocycles. The van der Waals surface area contributed by atoms with E-state index in [9.17, 15) is 4.79 Å². The standard InChI is InChI=1S/C19H26N2O3/c1-3-4-14-5-8-17(18(11-14)23-2)24-13-19(22)21-15-6-7-16(21)12-20-10-9-15/h3,5,8,11,15-16,20H,1,4,6-7,9-10,12-13H2,2H3. The fourth-order valence-electron chi connectivity index (χ4n) is 3.73. The number of hydrogen-bond donors (Lipinski definition) is 1. The SMILES string of the molecule is C=CCc1ccc(OCC(=O)N2C3CCNCC2CC3)c(OC)c1. The van der Waals surface area contributed by atoms with Crippen molar-refractivity contribution in [2.75, 3.05) is 26.8 Å². The number of benzene rings is 1. The van der Waals surface area contributed by atoms with Gasteiger partial charge in [-0.15, -0.1) is 6.58 Å². The highest BCUT2D eigenvalue weighted by Gasteiger charge is 2.37. The smallest absolute Gasteiger partial charge is 0.261 e. The number of nitrogens with zero attached hydrogens (tertiary/aromatic N) is 1. The maximum Gasteiger partial charge on any atom is 0.261 e. The lowest BCUT2D eigenvalue weighted by Gasteiger charge is -2.28. The van der Waals surface area contributed by atoms with E-state index in [1.165, 1.54) is 0 Å². The molecule has 1 amide bonds. The number of carbonyl (C=O) groups is 1. The van der Waals surface area contributed by atoms with Gasteiger partial charge >= 0.3 is 0 Å². The van der Waals surface area contributed by atoms with Crippen molar-refractivity contribution in [1.29, 1.82) is 0 Å². The number of ether oxygens (including phenoxy) is 2. The van der Waals surface area contributed by atoms with E-state index in [1.54, 1.807) is 7.11 Å². The van der Waals surface area contributed by atoms with Crippen LogP contribution in [0.1, 0.15) is 24.8 Å². The second-order valence-electron chi connectivity index (χ2n) is 6.45. The van der Waals surface area contributed by atoms with Crippen LogP contribution < -0.4 is 14.8 Å². The Balaban J connectivity index is 1.64. The normalized spacial score (nSPS) is 22.8. The van der Waals surface area contributed by atoms with Crippen molar-refractivity contribution in [3.63, 3.8) is 0 Å². The fraction of sp³-hybridized carbons (Fsp3) is 0.526. The van der Waals surface area contributed by atoms with Crippen molar-refractivity contribution in [2.45, 2.75) is 37.8 Å². The summed E-state index contributed by atoms with van der Waals surface area (Å²) in [7, 11) is 1.61. The Bertz CT molecular complexity index is 588. The van der Waals surface area contributed by atoms with Gasteiger partial charge in [-0.2, -0.15) is 0 Å². The van der Waals surface area contributed by atoms with Gasteiger partial charge < -0.3 is 19.7 Å². The third-order valence-electron chi connectivity index (χ3n) is 4.90. The quantitative estimate of drug-likeness (QED) is 0.812. The van der Waals surface area contributed by atoms with Crippen LogP contribution in [0.25, 0.3) is 0 Å². The molecule has 2 aliphatic rings. The van der Waals surface area contributed by atoms with Crippen molar-refractivity contribution in [1.82, 2.24) is 10.2 Å². The minimum Gasteiger partial charge on any atom is -0.493 e. The third-order valence-corrected chi connectivity index (χ3v) is 4.90. The van der Waals surface area contributed by atoms with Crippen LogP contribution in [-0.4, -0.2) is 49.7 Å². The lowest BCUT2D eigenvalue weighted by Crippen LogP contribution is -2.44. The summed E-state index contributed by atoms with van der Waals surface area (Å²) >= 11 is 0. The molecule has 0 saturated carbocycles. The van der Waals surface area contributed by atoms with E-state index in [1.807, 2.05) is 29.2 Å². The Morgan fingerprint density at radius 1 is 1.33 bits per heavy atom. The first-order valence-corrected chi connectivity index (χ1v) is 8.65. The maximum atomic E-state index is 12.7. The van der Waals surface area contributed by atoms with Crippen LogP contribution >= 0.6 is 0 Å². The molecule has 0 aliphatic carbocycles. The Morgan fingerprint density at radius 3 is 2.96 bits per heavy atom. The number of hydrogen-bond acceptors (Lipinski definition) is 4. The molecule has 3 rings (SSSR count). The topological polar surface area (TPSA) is 50.8 Å². The van der Waals surface area contributed by atoms with Gasteiger partial charge in [-0.3, -0.25) is 4.79 Å². The second-order valence-corrected chi connectivity index (χ2v) is 6.45. The molecule has 130 valence electrons. The van der Waals surface area contributed by atoms with Crippen LogP contribution in [0.4, 0.5) is 0 Å². The van der Waals surface area contributed by atoms with Crippen LogP contribution in [0.5, 0.6) is 11.5 Å². The predicted octanol–water partition coefficient (Wildman–Crippen LogP) is 2.16. The van der Waals surface area contributed by atoms with Gasteiger partial charge in [0.25, 0.3) is 5.91 Å². The molecule has 5 nitrogen and oxygen atoms in total. The van der Waals surface area contributed by atoms with Crippen molar-refractivity contribution >= 4 is 5.91 Å². The Kier molecular flexibility index (Phi) is 5.41. The second kappa shape index (κ2) is 7.71. The van der Waals surface area contributed by atoms with Crippen molar-refractivity contribution < 1.29 is 14.3 Å². The molecule has 1 N–H and O–H groups in total. The molecular weight excluding hydrogens is 304 g/mol. The van der Waals surface area contributed by atoms with Gasteiger partial charge in [-0.1, -0.05) is 12.1 Å². The predicted molar refractivity (Wildman–Crippen MR) is 93.5 cm³/mol. The average molecular weight is 330 g/mol. The van der Waals surface area contributed by atoms with Crippen LogP contribution in [-0.2, 0) is 11.2 Å². The van der Waals surface area contributed by atoms with Gasteiger partial charge in [0.1, 0.15) is 0 Å². The molecule has 0 spiro atoms. The van der Waals surface area contributed by atoms with E-state index in [2.05, 4.69) is 11.9 Å². The number of nitrogens with one attached hydrogen (secondary N) is 1. The zero-order valence-corrected chi connectivity index (χ0v) is 14.3. The molecule has 2 atom stereocenters. The zero-order valence-electron chi connectivity index (χ0n) is 14.3. The van der Waals surface area contributed by atoms with E-state index < -0.39 is 0 Å². The van der Waals surface area contributed by atoms with E-state index in [0.717, 1.165) is 44.3 Å². The molecule has 2 fully saturated rings. The largest absolute Gasteiger partial charge is 0.493 e. The van der Waals surface area contributed by atoms with E-state index in [0.29, 0.717) is 23.6 Å². The minimum absolute atomic E-state index is 0.0597. The summed E-state index contributed by atoms with van der Waals surface area (Å²) < 4.78 is 11.2. The average Bonchev–Trinajstić information content (AvgIpc) is 2.86. The van der Waals surface area contributed by atoms with Crippen molar-refractivity contribution in [3.05, 3.63) is 36.4 Å². The molecule has 0 radical (unpaired) electrons. The van der Waals surface area contributed by atoms with Gasteiger partial charge in [0, 0.05) is 18.6 Å². The summed E-state index contributed by atoms with van der Waals surface area (Å²) in [6.07, 6.45) is 5.85. The van der Waals surface area contributed by atoms with Crippen molar-refractivity contribution in [2.24, 2.45) is 0 Å². The minimum atomic E-state index is 0.0597. The highest BCUT2D eigenvalue weighted by atomic mass is 16.5. The molecule has 2 unspecified atom stereocenters. The monoisotopic (exact) mass is 330 g/mol. The van der Waals surface area contributed by atoms with Crippen LogP contribution in [0.15, 0.2) is 30.9 Å². The zero-order chi connectivity index (χ0) is 16.9. The molecule has 1 aromatic carbocycles. The molecule has 2 aliphatic heterocycles. The number of amides is 1. The van der Waals surface area contributed by atoms with Crippen molar-refractivity contribution in [3.8, 4) is 11.5 Å². The molecule has 1 aromatic rings. The first kappa shape index (κ1) is 16.8. The highest BCUT2D eigenvalue weighted by Crippen LogP contribution is 2.30. The molecular formula is C19H26N2O3.